The van der Waals surface area contributed by atoms with E-state index in [1.165, 1.54) is 20.7 Å². The molecule has 142 valence electrons. The monoisotopic (exact) mass is 405 g/mol. The van der Waals surface area contributed by atoms with Crippen molar-refractivity contribution in [3.8, 4) is 44.6 Å². The lowest BCUT2D eigenvalue weighted by atomic mass is 10.0. The Kier molecular flexibility index (Phi) is 5.88. The Labute approximate surface area is 164 Å². The molecule has 8 heteroatoms. The second-order valence-electron chi connectivity index (χ2n) is 5.42. The second-order valence-corrected chi connectivity index (χ2v) is 7.55. The summed E-state index contributed by atoms with van der Waals surface area (Å²) in [5.74, 6) is 2.42. The Morgan fingerprint density at radius 2 is 1.41 bits per heavy atom. The average molecular weight is 405 g/mol. The summed E-state index contributed by atoms with van der Waals surface area (Å²) in [4.78, 5) is 0.942. The summed E-state index contributed by atoms with van der Waals surface area (Å²) >= 11 is 0. The highest BCUT2D eigenvalue weighted by molar-refractivity contribution is 7.70. The minimum atomic E-state index is 0.530. The van der Waals surface area contributed by atoms with Crippen LogP contribution in [0.3, 0.4) is 0 Å². The highest BCUT2D eigenvalue weighted by Crippen LogP contribution is 2.44. The maximum atomic E-state index is 9.47. The first-order chi connectivity index (χ1) is 13.2. The van der Waals surface area contributed by atoms with Crippen LogP contribution in [0, 0.1) is 0 Å². The van der Waals surface area contributed by atoms with Crippen molar-refractivity contribution < 1.29 is 24.2 Å². The zero-order valence-electron chi connectivity index (χ0n) is 15.3. The van der Waals surface area contributed by atoms with Gasteiger partial charge in [-0.3, -0.25) is 0 Å². The van der Waals surface area contributed by atoms with Crippen LogP contribution in [0.25, 0.3) is 21.6 Å². The number of benzene rings is 2. The van der Waals surface area contributed by atoms with E-state index in [-0.39, 0.29) is 0 Å². The standard InChI is InChI=1S/C19H19NO5S2/c1-22-13-7-5-11(6-8-13)16-18(26-27-19(16)20-21)12-9-14(23-2)17(25-4)15(10-12)24-3/h5-10,21H,1-4H3/b20-19-. The number of hydrogen-bond acceptors (Lipinski definition) is 8. The summed E-state index contributed by atoms with van der Waals surface area (Å²) in [6, 6.07) is 11.4. The van der Waals surface area contributed by atoms with Gasteiger partial charge < -0.3 is 24.2 Å². The molecule has 1 heterocycles. The van der Waals surface area contributed by atoms with Gasteiger partial charge in [0.05, 0.1) is 33.3 Å². The van der Waals surface area contributed by atoms with Gasteiger partial charge in [-0.15, -0.1) is 0 Å². The first kappa shape index (κ1) is 19.1. The van der Waals surface area contributed by atoms with E-state index in [0.29, 0.717) is 21.9 Å². The molecule has 0 aliphatic carbocycles. The van der Waals surface area contributed by atoms with Gasteiger partial charge in [-0.2, -0.15) is 0 Å². The lowest BCUT2D eigenvalue weighted by molar-refractivity contribution is 0.304. The van der Waals surface area contributed by atoms with Crippen LogP contribution in [-0.4, -0.2) is 33.6 Å². The molecule has 0 bridgehead atoms. The van der Waals surface area contributed by atoms with Crippen LogP contribution in [0.4, 0.5) is 0 Å². The van der Waals surface area contributed by atoms with E-state index in [9.17, 15) is 5.21 Å². The van der Waals surface area contributed by atoms with Gasteiger partial charge in [-0.25, -0.2) is 0 Å². The summed E-state index contributed by atoms with van der Waals surface area (Å²) < 4.78 is 22.1. The van der Waals surface area contributed by atoms with Gasteiger partial charge in [0.25, 0.3) is 0 Å². The number of hydrogen-bond donors (Lipinski definition) is 1. The fraction of sp³-hybridized carbons (Fsp3) is 0.211. The number of ether oxygens (including phenoxy) is 4. The van der Waals surface area contributed by atoms with Gasteiger partial charge in [-0.1, -0.05) is 38.0 Å². The third-order valence-corrected chi connectivity index (χ3v) is 6.40. The third-order valence-electron chi connectivity index (χ3n) is 4.04. The Morgan fingerprint density at radius 3 is 1.89 bits per heavy atom. The zero-order chi connectivity index (χ0) is 19.4. The summed E-state index contributed by atoms with van der Waals surface area (Å²) in [5.41, 5.74) is 2.64. The van der Waals surface area contributed by atoms with Crippen molar-refractivity contribution in [1.29, 1.82) is 0 Å². The normalized spacial score (nSPS) is 11.3. The van der Waals surface area contributed by atoms with Gasteiger partial charge in [0.2, 0.25) is 5.75 Å². The average Bonchev–Trinajstić information content (AvgIpc) is 3.16. The van der Waals surface area contributed by atoms with Crippen LogP contribution < -0.4 is 23.6 Å². The molecule has 3 aromatic rings. The molecule has 3 rings (SSSR count). The first-order valence-electron chi connectivity index (χ1n) is 7.92. The summed E-state index contributed by atoms with van der Waals surface area (Å²) in [6.45, 7) is 0. The molecule has 0 spiro atoms. The van der Waals surface area contributed by atoms with E-state index in [4.69, 9.17) is 18.9 Å². The van der Waals surface area contributed by atoms with Gasteiger partial charge in [-0.05, 0) is 29.8 Å². The van der Waals surface area contributed by atoms with Crippen LogP contribution in [-0.2, 0) is 0 Å². The van der Waals surface area contributed by atoms with Crippen molar-refractivity contribution in [1.82, 2.24) is 0 Å². The molecule has 1 aromatic heterocycles. The Morgan fingerprint density at radius 1 is 0.778 bits per heavy atom. The molecule has 0 atom stereocenters. The predicted molar refractivity (Wildman–Crippen MR) is 107 cm³/mol. The fourth-order valence-corrected chi connectivity index (χ4v) is 5.20. The molecular weight excluding hydrogens is 386 g/mol. The molecule has 0 unspecified atom stereocenters. The lowest BCUT2D eigenvalue weighted by Crippen LogP contribution is -1.99. The third kappa shape index (κ3) is 3.58. The Hall–Kier alpha value is -2.71. The fourth-order valence-electron chi connectivity index (χ4n) is 2.75. The predicted octanol–water partition coefficient (Wildman–Crippen LogP) is 4.47. The van der Waals surface area contributed by atoms with Crippen molar-refractivity contribution in [3.63, 3.8) is 0 Å². The van der Waals surface area contributed by atoms with Crippen molar-refractivity contribution in [2.45, 2.75) is 0 Å². The minimum Gasteiger partial charge on any atom is -0.497 e. The van der Waals surface area contributed by atoms with E-state index in [0.717, 1.165) is 27.3 Å². The van der Waals surface area contributed by atoms with Crippen molar-refractivity contribution in [2.75, 3.05) is 28.4 Å². The summed E-state index contributed by atoms with van der Waals surface area (Å²) in [5, 5.41) is 12.9. The van der Waals surface area contributed by atoms with Gasteiger partial charge in [0.15, 0.2) is 16.2 Å². The molecule has 1 N–H and O–H groups in total. The van der Waals surface area contributed by atoms with Crippen LogP contribution in [0.1, 0.15) is 0 Å². The minimum absolute atomic E-state index is 0.530. The highest BCUT2D eigenvalue weighted by Gasteiger charge is 2.19. The number of nitrogens with zero attached hydrogens (tertiary/aromatic N) is 1. The molecule has 6 nitrogen and oxygen atoms in total. The van der Waals surface area contributed by atoms with Gasteiger partial charge >= 0.3 is 0 Å². The molecular formula is C19H19NO5S2. The highest BCUT2D eigenvalue weighted by atomic mass is 32.9. The molecule has 27 heavy (non-hydrogen) atoms. The number of methoxy groups -OCH3 is 4. The molecule has 0 fully saturated rings. The van der Waals surface area contributed by atoms with Gasteiger partial charge in [0.1, 0.15) is 5.75 Å². The van der Waals surface area contributed by atoms with Crippen LogP contribution >= 0.6 is 20.7 Å². The second kappa shape index (κ2) is 8.32. The number of rotatable bonds is 6. The van der Waals surface area contributed by atoms with Crippen LogP contribution in [0.5, 0.6) is 23.0 Å². The smallest absolute Gasteiger partial charge is 0.203 e. The molecule has 0 amide bonds. The largest absolute Gasteiger partial charge is 0.497 e. The quantitative estimate of drug-likeness (QED) is 0.372. The Bertz CT molecular complexity index is 967. The van der Waals surface area contributed by atoms with Gasteiger partial charge in [0, 0.05) is 11.1 Å². The van der Waals surface area contributed by atoms with E-state index in [2.05, 4.69) is 5.16 Å². The molecule has 2 aromatic carbocycles. The molecule has 0 saturated heterocycles. The van der Waals surface area contributed by atoms with Crippen LogP contribution in [0.15, 0.2) is 41.6 Å². The molecule has 0 radical (unpaired) electrons. The molecule has 0 saturated carbocycles. The van der Waals surface area contributed by atoms with E-state index < -0.39 is 0 Å². The van der Waals surface area contributed by atoms with Crippen molar-refractivity contribution >= 4 is 20.7 Å². The Balaban J connectivity index is 2.22. The molecule has 0 aliphatic rings. The van der Waals surface area contributed by atoms with Crippen LogP contribution in [0.2, 0.25) is 0 Å². The maximum absolute atomic E-state index is 9.47. The zero-order valence-corrected chi connectivity index (χ0v) is 16.9. The first-order valence-corrected chi connectivity index (χ1v) is 10.1. The van der Waals surface area contributed by atoms with Crippen molar-refractivity contribution in [2.24, 2.45) is 5.16 Å². The van der Waals surface area contributed by atoms with E-state index in [1.54, 1.807) is 28.4 Å². The van der Waals surface area contributed by atoms with E-state index in [1.807, 2.05) is 36.4 Å². The SMILES string of the molecule is COc1ccc(-c2c(-c3cc(OC)c(OC)c(OC)c3)ss/c2=N\O)cc1. The summed E-state index contributed by atoms with van der Waals surface area (Å²) in [6.07, 6.45) is 0. The van der Waals surface area contributed by atoms with E-state index >= 15 is 0 Å². The van der Waals surface area contributed by atoms with Crippen molar-refractivity contribution in [3.05, 3.63) is 41.1 Å². The topological polar surface area (TPSA) is 69.5 Å². The summed E-state index contributed by atoms with van der Waals surface area (Å²) in [7, 11) is 9.26. The maximum Gasteiger partial charge on any atom is 0.203 e. The lowest BCUT2D eigenvalue weighted by Gasteiger charge is -2.14. The molecule has 0 aliphatic heterocycles.